The Labute approximate surface area is 142 Å². The molecule has 0 atom stereocenters. The van der Waals surface area contributed by atoms with Crippen LogP contribution >= 0.6 is 0 Å². The summed E-state index contributed by atoms with van der Waals surface area (Å²) in [7, 11) is 1.50. The van der Waals surface area contributed by atoms with E-state index < -0.39 is 6.16 Å². The van der Waals surface area contributed by atoms with E-state index in [4.69, 9.17) is 24.9 Å². The van der Waals surface area contributed by atoms with Crippen molar-refractivity contribution in [2.24, 2.45) is 0 Å². The van der Waals surface area contributed by atoms with Gasteiger partial charge in [-0.1, -0.05) is 0 Å². The van der Waals surface area contributed by atoms with Crippen molar-refractivity contribution < 1.29 is 88.8 Å². The number of carbonyl (C=O) groups excluding carboxylic acids is 2. The zero-order valence-electron chi connectivity index (χ0n) is 9.80. The van der Waals surface area contributed by atoms with E-state index in [-0.39, 0.29) is 70.4 Å². The predicted octanol–water partition coefficient (Wildman–Crippen LogP) is -7.23. The Morgan fingerprint density at radius 3 is 2.12 bits per heavy atom. The van der Waals surface area contributed by atoms with Gasteiger partial charge in [0.2, 0.25) is 0 Å². The van der Waals surface area contributed by atoms with Gasteiger partial charge in [0.15, 0.2) is 6.29 Å². The number of hydrogen-bond donors (Lipinski definition) is 1. The Morgan fingerprint density at radius 1 is 1.35 bits per heavy atom. The van der Waals surface area contributed by atoms with Crippen LogP contribution in [0.5, 0.6) is 11.5 Å². The van der Waals surface area contributed by atoms with Crippen molar-refractivity contribution in [1.29, 1.82) is 0 Å². The Kier molecular flexibility index (Phi) is 15.8. The average molecular weight is 258 g/mol. The van der Waals surface area contributed by atoms with E-state index in [1.165, 1.54) is 19.2 Å². The van der Waals surface area contributed by atoms with E-state index in [0.29, 0.717) is 12.0 Å². The molecule has 0 fully saturated rings. The van der Waals surface area contributed by atoms with Crippen LogP contribution in [0.15, 0.2) is 18.2 Å². The molecule has 0 aliphatic heterocycles. The van der Waals surface area contributed by atoms with Gasteiger partial charge in [0.05, 0.1) is 12.7 Å². The van der Waals surface area contributed by atoms with Crippen LogP contribution in [0.25, 0.3) is 0 Å². The number of hydrogen-bond acceptors (Lipinski definition) is 6. The third-order valence-electron chi connectivity index (χ3n) is 1.36. The van der Waals surface area contributed by atoms with Gasteiger partial charge in [0.1, 0.15) is 11.5 Å². The molecule has 82 valence electrons. The average Bonchev–Trinajstić information content (AvgIpc) is 2.16. The van der Waals surface area contributed by atoms with Crippen LogP contribution < -0.4 is 74.1 Å². The molecule has 1 rings (SSSR count). The van der Waals surface area contributed by atoms with Crippen molar-refractivity contribution in [3.05, 3.63) is 23.8 Å². The molecule has 0 unspecified atom stereocenters. The second-order valence-electron chi connectivity index (χ2n) is 2.29. The normalized spacial score (nSPS) is 7.35. The summed E-state index contributed by atoms with van der Waals surface area (Å²) in [4.78, 5) is 18.6. The fraction of sp³-hybridized carbons (Fsp3) is 0.111. The van der Waals surface area contributed by atoms with Gasteiger partial charge >= 0.3 is 59.1 Å². The van der Waals surface area contributed by atoms with Crippen LogP contribution in [0, 0.1) is 0 Å². The molecule has 0 saturated heterocycles. The molecule has 0 amide bonds. The number of methoxy groups -OCH3 is 1. The van der Waals surface area contributed by atoms with Gasteiger partial charge in [-0.25, -0.2) is 0 Å². The molecule has 0 heterocycles. The summed E-state index contributed by atoms with van der Waals surface area (Å²) < 4.78 is 4.82. The molecule has 0 spiro atoms. The monoisotopic (exact) mass is 258 g/mol. The second-order valence-corrected chi connectivity index (χ2v) is 2.29. The van der Waals surface area contributed by atoms with Crippen LogP contribution in [0.4, 0.5) is 4.79 Å². The van der Waals surface area contributed by atoms with E-state index in [1.54, 1.807) is 6.07 Å². The van der Waals surface area contributed by atoms with Gasteiger partial charge in [-0.3, -0.25) is 4.79 Å². The molecule has 1 N–H and O–H groups in total. The first-order valence-corrected chi connectivity index (χ1v) is 3.71. The number of aromatic hydroxyl groups is 1. The van der Waals surface area contributed by atoms with E-state index in [2.05, 4.69) is 0 Å². The van der Waals surface area contributed by atoms with Gasteiger partial charge in [-0.2, -0.15) is 0 Å². The molecule has 6 nitrogen and oxygen atoms in total. The minimum atomic E-state index is -2.33. The number of phenols is 1. The number of carbonyl (C=O) groups is 2. The summed E-state index contributed by atoms with van der Waals surface area (Å²) in [6.07, 6.45) is -1.74. The zero-order valence-corrected chi connectivity index (χ0v) is 13.8. The number of rotatable bonds is 2. The minimum absolute atomic E-state index is 0. The molecule has 8 heteroatoms. The van der Waals surface area contributed by atoms with Crippen molar-refractivity contribution in [2.75, 3.05) is 7.11 Å². The summed E-state index contributed by atoms with van der Waals surface area (Å²) >= 11 is 0. The van der Waals surface area contributed by atoms with E-state index in [1.807, 2.05) is 0 Å². The molecular weight excluding hydrogens is 250 g/mol. The maximum absolute atomic E-state index is 10.2. The maximum Gasteiger partial charge on any atom is 1.00 e. The van der Waals surface area contributed by atoms with Gasteiger partial charge < -0.3 is 24.9 Å². The van der Waals surface area contributed by atoms with Crippen LogP contribution in [0.1, 0.15) is 10.4 Å². The number of aldehydes is 1. The maximum atomic E-state index is 10.2. The summed E-state index contributed by atoms with van der Waals surface area (Å²) in [6.45, 7) is 0. The summed E-state index contributed by atoms with van der Waals surface area (Å²) in [5.74, 6) is 0.479. The molecule has 0 bridgehead atoms. The van der Waals surface area contributed by atoms with Gasteiger partial charge in [-0.15, -0.1) is 0 Å². The smallest absolute Gasteiger partial charge is 0.652 e. The molecule has 1 aromatic rings. The Balaban J connectivity index is -0.000000289. The second kappa shape index (κ2) is 12.2. The molecule has 1 aromatic carbocycles. The summed E-state index contributed by atoms with van der Waals surface area (Å²) in [6, 6.07) is 4.51. The Bertz CT molecular complexity index is 351. The van der Waals surface area contributed by atoms with Crippen LogP contribution in [0.3, 0.4) is 0 Å². The van der Waals surface area contributed by atoms with Gasteiger partial charge in [-0.05, 0) is 18.3 Å². The first-order chi connectivity index (χ1) is 7.01. The largest absolute Gasteiger partial charge is 1.00 e. The molecule has 17 heavy (non-hydrogen) atoms. The molecular formula is C9H8Na2O6. The number of ether oxygens (including phenoxy) is 1. The van der Waals surface area contributed by atoms with Crippen LogP contribution in [-0.2, 0) is 0 Å². The Morgan fingerprint density at radius 2 is 1.82 bits per heavy atom. The first-order valence-electron chi connectivity index (χ1n) is 3.71. The Hall–Kier alpha value is -0.240. The predicted molar refractivity (Wildman–Crippen MR) is 45.4 cm³/mol. The fourth-order valence-corrected chi connectivity index (χ4v) is 0.750. The molecule has 0 saturated carbocycles. The fourth-order valence-electron chi connectivity index (χ4n) is 0.750. The molecule has 0 aromatic heterocycles. The summed E-state index contributed by atoms with van der Waals surface area (Å²) in [5.41, 5.74) is 0.269. The zero-order chi connectivity index (χ0) is 11.8. The SMILES string of the molecule is COc1ccc(C=O)c(O)c1.O=C([O-])[O-].[Na+].[Na+]. The molecule has 0 aliphatic carbocycles. The number of benzene rings is 1. The minimum Gasteiger partial charge on any atom is -0.652 e. The third kappa shape index (κ3) is 10.6. The first kappa shape index (κ1) is 22.0. The summed E-state index contributed by atoms with van der Waals surface area (Å²) in [5, 5.41) is 25.8. The molecule has 0 radical (unpaired) electrons. The number of phenolic OH excluding ortho intramolecular Hbond substituents is 1. The van der Waals surface area contributed by atoms with Crippen LogP contribution in [-0.4, -0.2) is 24.7 Å². The van der Waals surface area contributed by atoms with Crippen LogP contribution in [0.2, 0.25) is 0 Å². The van der Waals surface area contributed by atoms with Crippen molar-refractivity contribution in [1.82, 2.24) is 0 Å². The quantitative estimate of drug-likeness (QED) is 0.417. The van der Waals surface area contributed by atoms with Gasteiger partial charge in [0.25, 0.3) is 0 Å². The van der Waals surface area contributed by atoms with Crippen molar-refractivity contribution in [3.63, 3.8) is 0 Å². The molecule has 0 aliphatic rings. The van der Waals surface area contributed by atoms with E-state index >= 15 is 0 Å². The number of carboxylic acid groups (broad SMARTS) is 2. The van der Waals surface area contributed by atoms with E-state index in [0.717, 1.165) is 0 Å². The topological polar surface area (TPSA) is 110 Å². The third-order valence-corrected chi connectivity index (χ3v) is 1.36. The van der Waals surface area contributed by atoms with Gasteiger partial charge in [0, 0.05) is 6.07 Å². The van der Waals surface area contributed by atoms with Crippen molar-refractivity contribution in [2.45, 2.75) is 0 Å². The van der Waals surface area contributed by atoms with E-state index in [9.17, 15) is 4.79 Å². The van der Waals surface area contributed by atoms with Crippen molar-refractivity contribution in [3.8, 4) is 11.5 Å². The van der Waals surface area contributed by atoms with Crippen molar-refractivity contribution >= 4 is 12.4 Å². The standard InChI is InChI=1S/C8H8O3.CH2O3.2Na/c1-11-7-3-2-6(5-9)8(10)4-7;2-1(3)4;;/h2-5,10H,1H3;(H2,2,3,4);;/q;;2*+1/p-2.